The summed E-state index contributed by atoms with van der Waals surface area (Å²) in [5.74, 6) is -2.82. The van der Waals surface area contributed by atoms with Gasteiger partial charge in [-0.1, -0.05) is 24.3 Å². The summed E-state index contributed by atoms with van der Waals surface area (Å²) < 4.78 is 10.3. The third kappa shape index (κ3) is 2.91. The third-order valence-corrected chi connectivity index (χ3v) is 4.26. The Bertz CT molecular complexity index is 713. The number of aliphatic hydroxyl groups is 4. The Labute approximate surface area is 141 Å². The van der Waals surface area contributed by atoms with E-state index in [2.05, 4.69) is 0 Å². The van der Waals surface area contributed by atoms with Gasteiger partial charge in [0.05, 0.1) is 6.61 Å². The molecule has 1 heterocycles. The molecule has 1 saturated heterocycles. The lowest BCUT2D eigenvalue weighted by atomic mass is 9.86. The number of Topliss-reactive ketones (excluding diaryl/α,β-unsaturated/α-hetero) is 3. The molecule has 0 aromatic heterocycles. The molecule has 1 aromatic carbocycles. The van der Waals surface area contributed by atoms with Gasteiger partial charge in [0.2, 0.25) is 17.3 Å². The zero-order valence-electron chi connectivity index (χ0n) is 12.8. The van der Waals surface area contributed by atoms with Gasteiger partial charge in [0.15, 0.2) is 12.4 Å². The number of ketones is 3. The Morgan fingerprint density at radius 2 is 1.56 bits per heavy atom. The number of rotatable bonds is 3. The summed E-state index contributed by atoms with van der Waals surface area (Å²) >= 11 is 0. The van der Waals surface area contributed by atoms with Gasteiger partial charge in [-0.25, -0.2) is 0 Å². The number of fused-ring (bicyclic) bond motifs is 1. The lowest BCUT2D eigenvalue weighted by Crippen LogP contribution is -2.61. The van der Waals surface area contributed by atoms with Crippen LogP contribution in [0.5, 0.6) is 0 Å². The van der Waals surface area contributed by atoms with E-state index in [0.29, 0.717) is 0 Å². The molecule has 1 fully saturated rings. The van der Waals surface area contributed by atoms with Gasteiger partial charge in [-0.15, -0.1) is 0 Å². The van der Waals surface area contributed by atoms with E-state index in [0.717, 1.165) is 0 Å². The molecule has 1 aliphatic carbocycles. The summed E-state index contributed by atoms with van der Waals surface area (Å²) in [6.45, 7) is -0.695. The zero-order valence-corrected chi connectivity index (χ0v) is 12.8. The van der Waals surface area contributed by atoms with Crippen LogP contribution in [0.1, 0.15) is 20.7 Å². The lowest BCUT2D eigenvalue weighted by Gasteiger charge is -2.40. The normalized spacial score (nSPS) is 35.6. The summed E-state index contributed by atoms with van der Waals surface area (Å²) in [6, 6.07) is 5.74. The molecule has 134 valence electrons. The Hall–Kier alpha value is -2.01. The van der Waals surface area contributed by atoms with Gasteiger partial charge in [0, 0.05) is 11.1 Å². The fourth-order valence-corrected chi connectivity index (χ4v) is 2.85. The molecule has 1 aliphatic heterocycles. The van der Waals surface area contributed by atoms with Gasteiger partial charge in [0.25, 0.3) is 0 Å². The molecular weight excluding hydrogens is 336 g/mol. The Kier molecular flexibility index (Phi) is 4.78. The van der Waals surface area contributed by atoms with Gasteiger partial charge >= 0.3 is 0 Å². The summed E-state index contributed by atoms with van der Waals surface area (Å²) in [6.07, 6.45) is -9.92. The Balaban J connectivity index is 1.86. The molecule has 0 radical (unpaired) electrons. The van der Waals surface area contributed by atoms with Crippen LogP contribution < -0.4 is 0 Å². The molecule has 25 heavy (non-hydrogen) atoms. The van der Waals surface area contributed by atoms with Crippen LogP contribution in [0.25, 0.3) is 0 Å². The van der Waals surface area contributed by atoms with E-state index in [1.54, 1.807) is 0 Å². The molecule has 0 saturated carbocycles. The monoisotopic (exact) mass is 352 g/mol. The van der Waals surface area contributed by atoms with Crippen molar-refractivity contribution in [2.75, 3.05) is 6.61 Å². The minimum absolute atomic E-state index is 0.00157. The number of carbonyl (C=O) groups is 3. The fraction of sp³-hybridized carbons (Fsp3) is 0.438. The predicted octanol–water partition coefficient (Wildman–Crippen LogP) is -2.18. The summed E-state index contributed by atoms with van der Waals surface area (Å²) in [7, 11) is 0. The van der Waals surface area contributed by atoms with Crippen molar-refractivity contribution in [1.29, 1.82) is 0 Å². The summed E-state index contributed by atoms with van der Waals surface area (Å²) in [5.41, 5.74) is -0.0344. The van der Waals surface area contributed by atoms with E-state index in [1.807, 2.05) is 0 Å². The number of hydrogen-bond acceptors (Lipinski definition) is 9. The highest BCUT2D eigenvalue weighted by atomic mass is 16.7. The maximum Gasteiger partial charge on any atom is 0.240 e. The first-order valence-electron chi connectivity index (χ1n) is 7.54. The number of benzene rings is 1. The van der Waals surface area contributed by atoms with Gasteiger partial charge in [-0.05, 0) is 0 Å². The van der Waals surface area contributed by atoms with Gasteiger partial charge in [-0.3, -0.25) is 14.4 Å². The van der Waals surface area contributed by atoms with Crippen LogP contribution in [0.2, 0.25) is 0 Å². The van der Waals surface area contributed by atoms with E-state index in [9.17, 15) is 29.7 Å². The minimum atomic E-state index is -1.84. The van der Waals surface area contributed by atoms with E-state index in [4.69, 9.17) is 14.6 Å². The van der Waals surface area contributed by atoms with Crippen LogP contribution in [0.15, 0.2) is 24.3 Å². The topological polar surface area (TPSA) is 151 Å². The van der Waals surface area contributed by atoms with Crippen LogP contribution in [0.3, 0.4) is 0 Å². The average Bonchev–Trinajstić information content (AvgIpc) is 2.63. The lowest BCUT2D eigenvalue weighted by molar-refractivity contribution is -0.304. The Morgan fingerprint density at radius 3 is 2.20 bits per heavy atom. The molecule has 0 bridgehead atoms. The van der Waals surface area contributed by atoms with Crippen molar-refractivity contribution in [3.8, 4) is 0 Å². The highest BCUT2D eigenvalue weighted by Crippen LogP contribution is 2.27. The zero-order chi connectivity index (χ0) is 18.3. The van der Waals surface area contributed by atoms with E-state index in [-0.39, 0.29) is 11.1 Å². The molecule has 1 unspecified atom stereocenters. The largest absolute Gasteiger partial charge is 0.394 e. The third-order valence-electron chi connectivity index (χ3n) is 4.26. The first-order chi connectivity index (χ1) is 11.9. The first-order valence-corrected chi connectivity index (χ1v) is 7.54. The highest BCUT2D eigenvalue weighted by molar-refractivity contribution is 6.53. The van der Waals surface area contributed by atoms with Crippen molar-refractivity contribution in [2.24, 2.45) is 0 Å². The predicted molar refractivity (Wildman–Crippen MR) is 78.8 cm³/mol. The van der Waals surface area contributed by atoms with Crippen LogP contribution >= 0.6 is 0 Å². The van der Waals surface area contributed by atoms with Crippen LogP contribution in [0, 0.1) is 0 Å². The quantitative estimate of drug-likeness (QED) is 0.351. The standard InChI is InChI=1S/C16H16O9/c17-5-8-11(20)12(21)14(23)16(24-8)25-15-10(19)7-4-2-1-3-6(7)9(18)13(15)22/h1-4,8,11-12,14-17,20-21,23H,5H2/t8-,11+,12+,14-,15?,16+/m0/s1. The second kappa shape index (κ2) is 6.71. The van der Waals surface area contributed by atoms with Gasteiger partial charge in [0.1, 0.15) is 24.4 Å². The fourth-order valence-electron chi connectivity index (χ4n) is 2.85. The number of aliphatic hydroxyl groups excluding tert-OH is 4. The molecule has 2 aliphatic rings. The Morgan fingerprint density at radius 1 is 0.920 bits per heavy atom. The van der Waals surface area contributed by atoms with Crippen molar-refractivity contribution in [2.45, 2.75) is 36.8 Å². The highest BCUT2D eigenvalue weighted by Gasteiger charge is 2.48. The molecule has 6 atom stereocenters. The molecule has 1 aromatic rings. The average molecular weight is 352 g/mol. The van der Waals surface area contributed by atoms with Crippen LogP contribution in [0.4, 0.5) is 0 Å². The molecule has 9 nitrogen and oxygen atoms in total. The SMILES string of the molecule is O=C1C(=O)C(O[C@H]2O[C@@H](CO)[C@@H](O)[C@@H](O)[C@@H]2O)C(=O)c2ccccc21. The molecule has 0 spiro atoms. The van der Waals surface area contributed by atoms with E-state index < -0.39 is 60.8 Å². The summed E-state index contributed by atoms with van der Waals surface area (Å²) in [5, 5.41) is 38.5. The van der Waals surface area contributed by atoms with Gasteiger partial charge in [-0.2, -0.15) is 0 Å². The van der Waals surface area contributed by atoms with Crippen molar-refractivity contribution >= 4 is 17.3 Å². The minimum Gasteiger partial charge on any atom is -0.394 e. The van der Waals surface area contributed by atoms with Crippen molar-refractivity contribution < 1.29 is 44.3 Å². The number of carbonyl (C=O) groups excluding carboxylic acids is 3. The molecule has 4 N–H and O–H groups in total. The molecule has 9 heteroatoms. The first kappa shape index (κ1) is 17.8. The molecular formula is C16H16O9. The number of hydrogen-bond donors (Lipinski definition) is 4. The molecule has 0 amide bonds. The second-order valence-electron chi connectivity index (χ2n) is 5.82. The van der Waals surface area contributed by atoms with Crippen LogP contribution in [-0.2, 0) is 14.3 Å². The van der Waals surface area contributed by atoms with Gasteiger partial charge < -0.3 is 29.9 Å². The van der Waals surface area contributed by atoms with E-state index >= 15 is 0 Å². The van der Waals surface area contributed by atoms with Crippen molar-refractivity contribution in [1.82, 2.24) is 0 Å². The number of ether oxygens (including phenoxy) is 2. The molecule has 3 rings (SSSR count). The maximum atomic E-state index is 12.5. The van der Waals surface area contributed by atoms with Crippen molar-refractivity contribution in [3.63, 3.8) is 0 Å². The maximum absolute atomic E-state index is 12.5. The summed E-state index contributed by atoms with van der Waals surface area (Å²) in [4.78, 5) is 36.8. The van der Waals surface area contributed by atoms with Crippen LogP contribution in [-0.4, -0.2) is 81.2 Å². The smallest absolute Gasteiger partial charge is 0.240 e. The second-order valence-corrected chi connectivity index (χ2v) is 5.82. The van der Waals surface area contributed by atoms with Crippen molar-refractivity contribution in [3.05, 3.63) is 35.4 Å². The van der Waals surface area contributed by atoms with E-state index in [1.165, 1.54) is 24.3 Å².